The lowest BCUT2D eigenvalue weighted by molar-refractivity contribution is -0.143. The number of likely N-dealkylation sites (N-methyl/N-ethyl adjacent to an activating group) is 1. The normalized spacial score (nSPS) is 24.8. The maximum Gasteiger partial charge on any atom is 0.254 e. The molecule has 2 heterocycles. The first-order valence-corrected chi connectivity index (χ1v) is 14.9. The lowest BCUT2D eigenvalue weighted by atomic mass is 9.73. The van der Waals surface area contributed by atoms with E-state index in [1.165, 1.54) is 50.5 Å². The number of benzene rings is 2. The zero-order chi connectivity index (χ0) is 27.0. The molecule has 4 fully saturated rings. The third-order valence-electron chi connectivity index (χ3n) is 9.54. The Morgan fingerprint density at radius 3 is 1.90 bits per heavy atom. The molecule has 1 atom stereocenters. The number of carbonyl (C=O) groups is 2. The first-order valence-electron chi connectivity index (χ1n) is 14.9. The van der Waals surface area contributed by atoms with E-state index in [2.05, 4.69) is 41.7 Å². The molecule has 1 spiro atoms. The molecule has 6 rings (SSSR count). The van der Waals surface area contributed by atoms with E-state index in [4.69, 9.17) is 0 Å². The minimum Gasteiger partial charge on any atom is -0.380 e. The number of carbonyl (C=O) groups excluding carboxylic acids is 2. The average molecular weight is 531 g/mol. The SMILES string of the molecule is CN1CC(c2ccc(-c3ccc(C(=O)N4CCN(C(=O)C5(O)CC5)CC4)cc3)cc2)C2(CCCCCCC2)N1. The quantitative estimate of drug-likeness (QED) is 0.620. The van der Waals surface area contributed by atoms with Crippen LogP contribution in [0.5, 0.6) is 0 Å². The molecule has 2 saturated carbocycles. The van der Waals surface area contributed by atoms with Gasteiger partial charge in [0.1, 0.15) is 5.60 Å². The average Bonchev–Trinajstić information content (AvgIpc) is 3.62. The van der Waals surface area contributed by atoms with Crippen molar-refractivity contribution in [2.75, 3.05) is 39.8 Å². The van der Waals surface area contributed by atoms with Crippen molar-refractivity contribution in [3.05, 3.63) is 59.7 Å². The van der Waals surface area contributed by atoms with Crippen molar-refractivity contribution < 1.29 is 14.7 Å². The Morgan fingerprint density at radius 2 is 1.31 bits per heavy atom. The number of rotatable bonds is 4. The third-order valence-corrected chi connectivity index (χ3v) is 9.54. The lowest BCUT2D eigenvalue weighted by Crippen LogP contribution is -2.53. The molecule has 2 aromatic carbocycles. The van der Waals surface area contributed by atoms with E-state index in [0.717, 1.165) is 17.7 Å². The second-order valence-corrected chi connectivity index (χ2v) is 12.3. The Bertz CT molecular complexity index is 1170. The predicted molar refractivity (Wildman–Crippen MR) is 152 cm³/mol. The number of hydrogen-bond donors (Lipinski definition) is 2. The monoisotopic (exact) mass is 530 g/mol. The number of aliphatic hydroxyl groups is 1. The van der Waals surface area contributed by atoms with Gasteiger partial charge in [-0.1, -0.05) is 68.5 Å². The molecular formula is C32H42N4O3. The summed E-state index contributed by atoms with van der Waals surface area (Å²) in [6, 6.07) is 17.0. The van der Waals surface area contributed by atoms with E-state index in [1.807, 2.05) is 29.2 Å². The second kappa shape index (κ2) is 10.7. The molecule has 2 aliphatic heterocycles. The summed E-state index contributed by atoms with van der Waals surface area (Å²) in [5.74, 6) is 0.315. The fraction of sp³-hybridized carbons (Fsp3) is 0.562. The highest BCUT2D eigenvalue weighted by atomic mass is 16.3. The number of amides is 2. The number of nitrogens with one attached hydrogen (secondary N) is 1. The highest BCUT2D eigenvalue weighted by Gasteiger charge is 2.50. The molecule has 2 N–H and O–H groups in total. The van der Waals surface area contributed by atoms with Crippen LogP contribution in [0.25, 0.3) is 11.1 Å². The van der Waals surface area contributed by atoms with E-state index < -0.39 is 5.60 Å². The summed E-state index contributed by atoms with van der Waals surface area (Å²) in [6.45, 7) is 2.99. The fourth-order valence-corrected chi connectivity index (χ4v) is 7.01. The molecule has 2 amide bonds. The van der Waals surface area contributed by atoms with Gasteiger partial charge in [-0.25, -0.2) is 10.4 Å². The van der Waals surface area contributed by atoms with Crippen LogP contribution >= 0.6 is 0 Å². The molecule has 1 unspecified atom stereocenters. The van der Waals surface area contributed by atoms with E-state index >= 15 is 0 Å². The highest BCUT2D eigenvalue weighted by Crippen LogP contribution is 2.43. The standard InChI is InChI=1S/C32H42N4O3/c1-34-23-28(31(33-34)15-5-3-2-4-6-16-31)26-11-7-24(8-12-26)25-9-13-27(14-10-25)29(37)35-19-21-36(22-20-35)30(38)32(39)17-18-32/h7-14,28,33,39H,2-6,15-23H2,1H3. The van der Waals surface area contributed by atoms with Crippen LogP contribution in [0.2, 0.25) is 0 Å². The lowest BCUT2D eigenvalue weighted by Gasteiger charge is -2.37. The molecule has 2 aliphatic carbocycles. The summed E-state index contributed by atoms with van der Waals surface area (Å²) in [5.41, 5.74) is 7.24. The molecule has 4 aliphatic rings. The van der Waals surface area contributed by atoms with Gasteiger partial charge in [-0.2, -0.15) is 0 Å². The van der Waals surface area contributed by atoms with Crippen molar-refractivity contribution in [1.82, 2.24) is 20.2 Å². The highest BCUT2D eigenvalue weighted by molar-refractivity contribution is 5.95. The van der Waals surface area contributed by atoms with Crippen LogP contribution in [-0.4, -0.2) is 82.6 Å². The molecule has 39 heavy (non-hydrogen) atoms. The van der Waals surface area contributed by atoms with Gasteiger partial charge in [-0.3, -0.25) is 9.59 Å². The Hall–Kier alpha value is -2.74. The van der Waals surface area contributed by atoms with Gasteiger partial charge in [-0.05, 0) is 54.5 Å². The largest absolute Gasteiger partial charge is 0.380 e. The summed E-state index contributed by atoms with van der Waals surface area (Å²) >= 11 is 0. The fourth-order valence-electron chi connectivity index (χ4n) is 7.01. The third kappa shape index (κ3) is 5.37. The van der Waals surface area contributed by atoms with Crippen molar-refractivity contribution in [3.63, 3.8) is 0 Å². The summed E-state index contributed by atoms with van der Waals surface area (Å²) in [5, 5.41) is 12.4. The van der Waals surface area contributed by atoms with Gasteiger partial charge < -0.3 is 14.9 Å². The van der Waals surface area contributed by atoms with Gasteiger partial charge in [0.15, 0.2) is 0 Å². The molecule has 208 valence electrons. The Labute approximate surface area is 232 Å². The summed E-state index contributed by atoms with van der Waals surface area (Å²) < 4.78 is 0. The maximum absolute atomic E-state index is 13.1. The molecule has 0 radical (unpaired) electrons. The number of nitrogens with zero attached hydrogens (tertiary/aromatic N) is 3. The van der Waals surface area contributed by atoms with Gasteiger partial charge in [0.2, 0.25) is 0 Å². The first kappa shape index (κ1) is 26.5. The zero-order valence-corrected chi connectivity index (χ0v) is 23.2. The van der Waals surface area contributed by atoms with Crippen molar-refractivity contribution in [2.45, 2.75) is 74.8 Å². The van der Waals surface area contributed by atoms with Gasteiger partial charge in [0.25, 0.3) is 11.8 Å². The van der Waals surface area contributed by atoms with E-state index in [-0.39, 0.29) is 17.4 Å². The van der Waals surface area contributed by atoms with Gasteiger partial charge in [0, 0.05) is 56.8 Å². The van der Waals surface area contributed by atoms with E-state index in [9.17, 15) is 14.7 Å². The van der Waals surface area contributed by atoms with Gasteiger partial charge in [-0.15, -0.1) is 0 Å². The minimum absolute atomic E-state index is 0.00326. The molecule has 7 nitrogen and oxygen atoms in total. The number of hydrogen-bond acceptors (Lipinski definition) is 5. The number of piperazine rings is 1. The van der Waals surface area contributed by atoms with E-state index in [1.54, 1.807) is 4.90 Å². The molecular weight excluding hydrogens is 488 g/mol. The Balaban J connectivity index is 1.10. The van der Waals surface area contributed by atoms with Crippen LogP contribution in [0.3, 0.4) is 0 Å². The van der Waals surface area contributed by atoms with Gasteiger partial charge in [0.05, 0.1) is 0 Å². The van der Waals surface area contributed by atoms with Crippen molar-refractivity contribution >= 4 is 11.8 Å². The molecule has 0 bridgehead atoms. The summed E-state index contributed by atoms with van der Waals surface area (Å²) in [4.78, 5) is 29.0. The maximum atomic E-state index is 13.1. The van der Waals surface area contributed by atoms with Crippen LogP contribution in [0.4, 0.5) is 0 Å². The van der Waals surface area contributed by atoms with Crippen LogP contribution in [-0.2, 0) is 4.79 Å². The Kier molecular flexibility index (Phi) is 7.25. The first-order chi connectivity index (χ1) is 18.9. The molecule has 7 heteroatoms. The molecule has 2 aromatic rings. The van der Waals surface area contributed by atoms with Crippen molar-refractivity contribution in [1.29, 1.82) is 0 Å². The summed E-state index contributed by atoms with van der Waals surface area (Å²) in [6.07, 6.45) is 10.3. The van der Waals surface area contributed by atoms with Crippen LogP contribution in [0.15, 0.2) is 48.5 Å². The van der Waals surface area contributed by atoms with Crippen LogP contribution < -0.4 is 5.43 Å². The Morgan fingerprint density at radius 1 is 0.769 bits per heavy atom. The van der Waals surface area contributed by atoms with Crippen LogP contribution in [0.1, 0.15) is 79.6 Å². The minimum atomic E-state index is -1.14. The van der Waals surface area contributed by atoms with Crippen molar-refractivity contribution in [2.24, 2.45) is 0 Å². The summed E-state index contributed by atoms with van der Waals surface area (Å²) in [7, 11) is 2.18. The second-order valence-electron chi connectivity index (χ2n) is 12.3. The zero-order valence-electron chi connectivity index (χ0n) is 23.2. The van der Waals surface area contributed by atoms with E-state index in [0.29, 0.717) is 50.5 Å². The smallest absolute Gasteiger partial charge is 0.254 e. The van der Waals surface area contributed by atoms with Crippen molar-refractivity contribution in [3.8, 4) is 11.1 Å². The molecule has 0 aromatic heterocycles. The van der Waals surface area contributed by atoms with Crippen LogP contribution in [0, 0.1) is 0 Å². The number of hydrazine groups is 1. The topological polar surface area (TPSA) is 76.1 Å². The van der Waals surface area contributed by atoms with Gasteiger partial charge >= 0.3 is 0 Å². The molecule has 2 saturated heterocycles. The predicted octanol–water partition coefficient (Wildman–Crippen LogP) is 4.18.